The molecule has 6 heterocycles. The summed E-state index contributed by atoms with van der Waals surface area (Å²) in [7, 11) is 0. The SMILES string of the molecule is Oc1cc(-c2ncc3c(N4CC5CCC(C4)N5)nc(OC[C@]45C[C@H](F)CN4[C@H]4CCCC[C@H]4C5)nc3c2F)c2c(I)cccc2c1. The Bertz CT molecular complexity index is 1850. The molecule has 0 radical (unpaired) electrons. The molecule has 6 atom stereocenters. The number of nitrogens with one attached hydrogen (secondary N) is 1. The highest BCUT2D eigenvalue weighted by Gasteiger charge is 2.57. The van der Waals surface area contributed by atoms with Gasteiger partial charge in [0.2, 0.25) is 0 Å². The highest BCUT2D eigenvalue weighted by molar-refractivity contribution is 14.1. The minimum atomic E-state index is -0.873. The van der Waals surface area contributed by atoms with Crippen molar-refractivity contribution in [3.63, 3.8) is 0 Å². The quantitative estimate of drug-likeness (QED) is 0.229. The number of anilines is 1. The summed E-state index contributed by atoms with van der Waals surface area (Å²) in [5.41, 5.74) is 0.382. The second kappa shape index (κ2) is 11.1. The molecule has 240 valence electrons. The van der Waals surface area contributed by atoms with Gasteiger partial charge in [-0.2, -0.15) is 9.97 Å². The summed E-state index contributed by atoms with van der Waals surface area (Å²) in [6, 6.07) is 10.2. The number of phenols is 1. The predicted molar refractivity (Wildman–Crippen MR) is 182 cm³/mol. The molecule has 2 aromatic heterocycles. The van der Waals surface area contributed by atoms with Gasteiger partial charge >= 0.3 is 6.01 Å². The number of piperazine rings is 1. The summed E-state index contributed by atoms with van der Waals surface area (Å²) in [6.07, 6.45) is 9.08. The Hall–Kier alpha value is -2.90. The zero-order valence-corrected chi connectivity index (χ0v) is 27.7. The number of fused-ring (bicyclic) bond motifs is 7. The molecule has 0 amide bonds. The van der Waals surface area contributed by atoms with E-state index < -0.39 is 12.0 Å². The Kier molecular flexibility index (Phi) is 7.05. The van der Waals surface area contributed by atoms with Crippen LogP contribution in [0.1, 0.15) is 51.4 Å². The summed E-state index contributed by atoms with van der Waals surface area (Å²) in [5, 5.41) is 16.4. The van der Waals surface area contributed by atoms with Crippen LogP contribution < -0.4 is 15.0 Å². The van der Waals surface area contributed by atoms with E-state index in [1.165, 1.54) is 19.3 Å². The van der Waals surface area contributed by atoms with E-state index in [2.05, 4.69) is 42.7 Å². The fraction of sp³-hybridized carbons (Fsp3) is 0.514. The number of benzene rings is 2. The number of phenolic OH excluding ortho intramolecular Hbond substituents is 1. The van der Waals surface area contributed by atoms with E-state index in [4.69, 9.17) is 14.7 Å². The van der Waals surface area contributed by atoms with Gasteiger partial charge in [0.25, 0.3) is 0 Å². The van der Waals surface area contributed by atoms with Crippen molar-refractivity contribution in [3.8, 4) is 23.0 Å². The van der Waals surface area contributed by atoms with Gasteiger partial charge in [-0.1, -0.05) is 25.0 Å². The first-order chi connectivity index (χ1) is 22.3. The van der Waals surface area contributed by atoms with Crippen molar-refractivity contribution in [1.29, 1.82) is 0 Å². The number of nitrogens with zero attached hydrogens (tertiary/aromatic N) is 5. The lowest BCUT2D eigenvalue weighted by molar-refractivity contribution is 0.0775. The van der Waals surface area contributed by atoms with Crippen LogP contribution in [0.25, 0.3) is 32.9 Å². The Morgan fingerprint density at radius 1 is 1.04 bits per heavy atom. The number of rotatable bonds is 5. The van der Waals surface area contributed by atoms with Crippen LogP contribution in [0.2, 0.25) is 0 Å². The summed E-state index contributed by atoms with van der Waals surface area (Å²) >= 11 is 2.24. The van der Waals surface area contributed by atoms with E-state index in [9.17, 15) is 9.50 Å². The molecule has 4 aromatic rings. The molecule has 0 spiro atoms. The first kappa shape index (κ1) is 29.3. The van der Waals surface area contributed by atoms with E-state index in [0.29, 0.717) is 53.8 Å². The molecule has 9 rings (SSSR count). The number of alkyl halides is 1. The third-order valence-corrected chi connectivity index (χ3v) is 12.2. The number of hydrogen-bond donors (Lipinski definition) is 2. The Balaban J connectivity index is 1.15. The summed E-state index contributed by atoms with van der Waals surface area (Å²) in [6.45, 7) is 2.25. The zero-order valence-electron chi connectivity index (χ0n) is 25.6. The van der Waals surface area contributed by atoms with Gasteiger partial charge in [0.15, 0.2) is 5.82 Å². The average molecular weight is 739 g/mol. The molecule has 5 aliphatic rings. The molecule has 1 aliphatic carbocycles. The van der Waals surface area contributed by atoms with Crippen LogP contribution in [0.5, 0.6) is 11.8 Å². The first-order valence-electron chi connectivity index (χ1n) is 16.7. The molecule has 11 heteroatoms. The molecular weight excluding hydrogens is 701 g/mol. The van der Waals surface area contributed by atoms with Gasteiger partial charge in [-0.05, 0) is 84.2 Å². The van der Waals surface area contributed by atoms with Gasteiger partial charge in [0.1, 0.15) is 35.6 Å². The normalized spacial score (nSPS) is 30.7. The lowest BCUT2D eigenvalue weighted by atomic mass is 9.81. The van der Waals surface area contributed by atoms with Gasteiger partial charge in [-0.25, -0.2) is 8.78 Å². The largest absolute Gasteiger partial charge is 0.508 e. The predicted octanol–water partition coefficient (Wildman–Crippen LogP) is 6.36. The lowest BCUT2D eigenvalue weighted by Crippen LogP contribution is -2.51. The standard InChI is InChI=1S/C35H37F2IN6O2/c36-21-13-35(12-20-4-1-2-7-28(20)44(35)15-21)18-46-34-41-32-26(33(42-34)43-16-22-8-9-23(17-43)40-22)14-39-31(30(32)37)25-11-24(45)10-19-5-3-6-27(38)29(19)25/h3,5-6,10-11,14,20-23,28,40,45H,1-2,4,7-9,12-13,15-18H2/t20-,21-,22?,23?,28-,35-/m0/s1. The van der Waals surface area contributed by atoms with Crippen LogP contribution in [0.15, 0.2) is 36.5 Å². The van der Waals surface area contributed by atoms with Crippen LogP contribution in [-0.2, 0) is 0 Å². The van der Waals surface area contributed by atoms with E-state index >= 15 is 4.39 Å². The third-order valence-electron chi connectivity index (χ3n) is 11.3. The molecule has 4 aliphatic heterocycles. The molecule has 2 N–H and O–H groups in total. The smallest absolute Gasteiger partial charge is 0.319 e. The van der Waals surface area contributed by atoms with E-state index in [1.807, 2.05) is 18.2 Å². The van der Waals surface area contributed by atoms with Gasteiger partial charge in [0, 0.05) is 64.9 Å². The Morgan fingerprint density at radius 2 is 1.87 bits per heavy atom. The van der Waals surface area contributed by atoms with Crippen LogP contribution >= 0.6 is 22.6 Å². The molecule has 2 bridgehead atoms. The fourth-order valence-electron chi connectivity index (χ4n) is 9.45. The lowest BCUT2D eigenvalue weighted by Gasteiger charge is -2.36. The van der Waals surface area contributed by atoms with E-state index in [0.717, 1.165) is 53.1 Å². The number of aromatic nitrogens is 3. The minimum Gasteiger partial charge on any atom is -0.508 e. The van der Waals surface area contributed by atoms with Crippen molar-refractivity contribution in [3.05, 3.63) is 45.9 Å². The van der Waals surface area contributed by atoms with E-state index in [-0.39, 0.29) is 35.1 Å². The van der Waals surface area contributed by atoms with E-state index in [1.54, 1.807) is 18.3 Å². The van der Waals surface area contributed by atoms with Crippen molar-refractivity contribution < 1.29 is 18.6 Å². The summed E-state index contributed by atoms with van der Waals surface area (Å²) < 4.78 is 39.2. The molecule has 1 saturated carbocycles. The molecular formula is C35H37F2IN6O2. The van der Waals surface area contributed by atoms with Crippen molar-refractivity contribution >= 4 is 50.1 Å². The van der Waals surface area contributed by atoms with Crippen LogP contribution in [0, 0.1) is 15.3 Å². The topological polar surface area (TPSA) is 86.6 Å². The third kappa shape index (κ3) is 4.74. The zero-order chi connectivity index (χ0) is 31.2. The number of aromatic hydroxyl groups is 1. The maximum atomic E-state index is 16.9. The summed E-state index contributed by atoms with van der Waals surface area (Å²) in [4.78, 5) is 18.9. The number of ether oxygens (including phenoxy) is 1. The molecule has 5 fully saturated rings. The van der Waals surface area contributed by atoms with Gasteiger partial charge < -0.3 is 20.1 Å². The highest BCUT2D eigenvalue weighted by atomic mass is 127. The van der Waals surface area contributed by atoms with Crippen LogP contribution in [-0.4, -0.2) is 81.0 Å². The van der Waals surface area contributed by atoms with Gasteiger partial charge in [-0.15, -0.1) is 0 Å². The highest BCUT2D eigenvalue weighted by Crippen LogP contribution is 2.51. The maximum Gasteiger partial charge on any atom is 0.319 e. The van der Waals surface area contributed by atoms with Crippen molar-refractivity contribution in [2.24, 2.45) is 5.92 Å². The monoisotopic (exact) mass is 738 g/mol. The maximum absolute atomic E-state index is 16.9. The number of halogens is 3. The van der Waals surface area contributed by atoms with Crippen molar-refractivity contribution in [1.82, 2.24) is 25.2 Å². The molecule has 2 aromatic carbocycles. The van der Waals surface area contributed by atoms with Crippen molar-refractivity contribution in [2.45, 2.75) is 81.2 Å². The molecule has 2 unspecified atom stereocenters. The second-order valence-electron chi connectivity index (χ2n) is 14.2. The van der Waals surface area contributed by atoms with Crippen LogP contribution in [0.4, 0.5) is 14.6 Å². The number of hydrogen-bond acceptors (Lipinski definition) is 8. The Labute approximate surface area is 280 Å². The summed E-state index contributed by atoms with van der Waals surface area (Å²) in [5.74, 6) is 0.654. The minimum absolute atomic E-state index is 0.0400. The first-order valence-corrected chi connectivity index (χ1v) is 17.8. The molecule has 4 saturated heterocycles. The number of pyridine rings is 1. The molecule has 8 nitrogen and oxygen atoms in total. The van der Waals surface area contributed by atoms with Gasteiger partial charge in [-0.3, -0.25) is 9.88 Å². The van der Waals surface area contributed by atoms with Gasteiger partial charge in [0.05, 0.1) is 10.9 Å². The Morgan fingerprint density at radius 3 is 2.72 bits per heavy atom. The average Bonchev–Trinajstić information content (AvgIpc) is 3.66. The fourth-order valence-corrected chi connectivity index (χ4v) is 10.3. The second-order valence-corrected chi connectivity index (χ2v) is 15.3. The van der Waals surface area contributed by atoms with Crippen LogP contribution in [0.3, 0.4) is 0 Å². The molecule has 46 heavy (non-hydrogen) atoms. The van der Waals surface area contributed by atoms with Crippen molar-refractivity contribution in [2.75, 3.05) is 31.1 Å².